The molecule has 1 aromatic carbocycles. The Labute approximate surface area is 307 Å². The molecule has 0 saturated carbocycles. The molecular weight excluding hydrogens is 742 g/mol. The van der Waals surface area contributed by atoms with Gasteiger partial charge in [0.05, 0.1) is 24.8 Å². The number of pyridine rings is 2. The van der Waals surface area contributed by atoms with Gasteiger partial charge >= 0.3 is 12.2 Å². The Hall–Kier alpha value is -4.47. The van der Waals surface area contributed by atoms with E-state index in [0.29, 0.717) is 23.2 Å². The van der Waals surface area contributed by atoms with Crippen LogP contribution in [0.15, 0.2) is 46.8 Å². The lowest BCUT2D eigenvalue weighted by Crippen LogP contribution is -2.53. The lowest BCUT2D eigenvalue weighted by molar-refractivity contribution is -0.140. The number of carbonyl (C=O) groups excluding carboxylic acids is 2. The van der Waals surface area contributed by atoms with Crippen LogP contribution in [0.2, 0.25) is 0 Å². The number of anilines is 1. The Morgan fingerprint density at radius 2 is 1.74 bits per heavy atom. The minimum atomic E-state index is -4.70. The third-order valence-electron chi connectivity index (χ3n) is 8.51. The van der Waals surface area contributed by atoms with E-state index in [9.17, 15) is 36.0 Å². The van der Waals surface area contributed by atoms with Crippen molar-refractivity contribution < 1.29 is 40.7 Å². The average Bonchev–Trinajstić information content (AvgIpc) is 3.63. The maximum absolute atomic E-state index is 14.3. The van der Waals surface area contributed by atoms with Crippen LogP contribution in [0.5, 0.6) is 0 Å². The van der Waals surface area contributed by atoms with Gasteiger partial charge in [-0.25, -0.2) is 14.8 Å². The first-order valence-corrected chi connectivity index (χ1v) is 18.6. The zero-order valence-electron chi connectivity index (χ0n) is 29.6. The maximum Gasteiger partial charge on any atom is 0.434 e. The van der Waals surface area contributed by atoms with Crippen molar-refractivity contribution in [2.75, 3.05) is 79.6 Å². The van der Waals surface area contributed by atoms with Crippen molar-refractivity contribution in [2.45, 2.75) is 19.1 Å². The van der Waals surface area contributed by atoms with Gasteiger partial charge in [0.25, 0.3) is 16.1 Å². The summed E-state index contributed by atoms with van der Waals surface area (Å²) in [6.07, 6.45) is -1.89. The Morgan fingerprint density at radius 1 is 1.06 bits per heavy atom. The first kappa shape index (κ1) is 39.7. The number of urea groups is 1. The molecule has 0 spiro atoms. The van der Waals surface area contributed by atoms with Crippen LogP contribution >= 0.6 is 11.3 Å². The highest BCUT2D eigenvalue weighted by Crippen LogP contribution is 2.39. The van der Waals surface area contributed by atoms with E-state index in [4.69, 9.17) is 9.47 Å². The number of benzene rings is 1. The molecule has 286 valence electrons. The topological polar surface area (TPSA) is 168 Å². The van der Waals surface area contributed by atoms with E-state index in [1.807, 2.05) is 0 Å². The average molecular weight is 781 g/mol. The minimum absolute atomic E-state index is 0.00853. The molecule has 15 nitrogen and oxygen atoms in total. The Balaban J connectivity index is 1.65. The monoisotopic (exact) mass is 780 g/mol. The number of hydrogen-bond acceptors (Lipinski definition) is 10. The number of thiazole rings is 1. The van der Waals surface area contributed by atoms with Gasteiger partial charge in [0, 0.05) is 95.3 Å². The number of ether oxygens (including phenoxy) is 2. The van der Waals surface area contributed by atoms with Crippen LogP contribution in [0.4, 0.5) is 23.8 Å². The van der Waals surface area contributed by atoms with Crippen molar-refractivity contribution in [1.29, 1.82) is 0 Å². The van der Waals surface area contributed by atoms with Gasteiger partial charge in [-0.05, 0) is 30.7 Å². The number of amides is 3. The number of rotatable bonds is 12. The normalized spacial score (nSPS) is 14.3. The molecule has 0 aliphatic carbocycles. The van der Waals surface area contributed by atoms with Gasteiger partial charge in [-0.3, -0.25) is 14.9 Å². The second-order valence-electron chi connectivity index (χ2n) is 12.2. The first-order valence-electron chi connectivity index (χ1n) is 16.3. The SMILES string of the molecule is CCNC(=O)Nc1cc(-c2nc(C(F)(F)F)cs2)c(-c2ccc3c(c2)c(=O)c(C(=O)N2CCN(S(=O)(=O)N(C)C)CC2)cn3C(COC)COC)cn1. The van der Waals surface area contributed by atoms with Crippen LogP contribution in [-0.2, 0) is 25.9 Å². The van der Waals surface area contributed by atoms with E-state index in [0.717, 1.165) is 21.0 Å². The zero-order chi connectivity index (χ0) is 38.7. The third-order valence-corrected chi connectivity index (χ3v) is 11.3. The lowest BCUT2D eigenvalue weighted by atomic mass is 9.98. The third kappa shape index (κ3) is 8.52. The summed E-state index contributed by atoms with van der Waals surface area (Å²) in [5.74, 6) is -0.549. The predicted molar refractivity (Wildman–Crippen MR) is 193 cm³/mol. The van der Waals surface area contributed by atoms with Crippen LogP contribution in [0.1, 0.15) is 29.0 Å². The fraction of sp³-hybridized carbons (Fsp3) is 0.424. The zero-order valence-corrected chi connectivity index (χ0v) is 31.2. The highest BCUT2D eigenvalue weighted by atomic mass is 32.2. The highest BCUT2D eigenvalue weighted by molar-refractivity contribution is 7.86. The van der Waals surface area contributed by atoms with Crippen molar-refractivity contribution in [3.8, 4) is 21.7 Å². The number of aromatic nitrogens is 3. The molecule has 4 heterocycles. The molecule has 3 amide bonds. The van der Waals surface area contributed by atoms with Crippen molar-refractivity contribution in [3.63, 3.8) is 0 Å². The molecule has 3 aromatic heterocycles. The molecule has 1 saturated heterocycles. The number of hydrogen-bond donors (Lipinski definition) is 2. The molecule has 4 aromatic rings. The van der Waals surface area contributed by atoms with Gasteiger partial charge in [0.2, 0.25) is 5.43 Å². The molecule has 20 heteroatoms. The lowest BCUT2D eigenvalue weighted by Gasteiger charge is -2.35. The van der Waals surface area contributed by atoms with Crippen LogP contribution in [0.25, 0.3) is 32.6 Å². The van der Waals surface area contributed by atoms with Crippen LogP contribution in [-0.4, -0.2) is 123 Å². The number of nitrogens with one attached hydrogen (secondary N) is 2. The Bertz CT molecular complexity index is 2140. The van der Waals surface area contributed by atoms with E-state index in [1.54, 1.807) is 23.6 Å². The molecule has 1 aliphatic heterocycles. The molecule has 5 rings (SSSR count). The fourth-order valence-electron chi connectivity index (χ4n) is 5.87. The van der Waals surface area contributed by atoms with E-state index in [1.165, 1.54) is 62.0 Å². The molecule has 2 N–H and O–H groups in total. The summed E-state index contributed by atoms with van der Waals surface area (Å²) in [4.78, 5) is 50.1. The number of carbonyl (C=O) groups is 2. The number of alkyl halides is 3. The number of piperazine rings is 1. The van der Waals surface area contributed by atoms with Crippen LogP contribution in [0.3, 0.4) is 0 Å². The summed E-state index contributed by atoms with van der Waals surface area (Å²) < 4.78 is 81.1. The molecule has 0 atom stereocenters. The summed E-state index contributed by atoms with van der Waals surface area (Å²) >= 11 is 0.751. The summed E-state index contributed by atoms with van der Waals surface area (Å²) in [5, 5.41) is 6.11. The van der Waals surface area contributed by atoms with Gasteiger partial charge in [-0.15, -0.1) is 11.3 Å². The molecule has 0 bridgehead atoms. The standard InChI is InChI=1S/C33H39F3N8O7S2/c1-6-37-32(47)40-28-14-22(30-39-27(19-52-30)33(34,35)36)24(15-38-28)20-7-8-26-23(13-20)29(45)25(16-44(26)21(17-50-4)18-51-5)31(46)42-9-11-43(12-10-42)53(48,49)41(2)3/h7-8,13-16,19,21H,6,9-12,17-18H2,1-5H3,(H2,37,38,40,47). The van der Waals surface area contributed by atoms with E-state index in [2.05, 4.69) is 20.6 Å². The number of nitrogens with zero attached hydrogens (tertiary/aromatic N) is 6. The smallest absolute Gasteiger partial charge is 0.382 e. The molecular formula is C33H39F3N8O7S2. The predicted octanol–water partition coefficient (Wildman–Crippen LogP) is 3.75. The maximum atomic E-state index is 14.3. The van der Waals surface area contributed by atoms with Gasteiger partial charge in [0.1, 0.15) is 16.4 Å². The molecule has 0 radical (unpaired) electrons. The van der Waals surface area contributed by atoms with Crippen molar-refractivity contribution >= 4 is 50.2 Å². The minimum Gasteiger partial charge on any atom is -0.382 e. The quantitative estimate of drug-likeness (QED) is 0.218. The summed E-state index contributed by atoms with van der Waals surface area (Å²) in [6, 6.07) is 5.18. The molecule has 1 aliphatic rings. The summed E-state index contributed by atoms with van der Waals surface area (Å²) in [5.41, 5.74) is -0.564. The van der Waals surface area contributed by atoms with Crippen molar-refractivity contribution in [2.24, 2.45) is 0 Å². The summed E-state index contributed by atoms with van der Waals surface area (Å²) in [6.45, 7) is 2.49. The van der Waals surface area contributed by atoms with Gasteiger partial charge in [-0.2, -0.15) is 30.2 Å². The van der Waals surface area contributed by atoms with Crippen LogP contribution in [0, 0.1) is 0 Å². The van der Waals surface area contributed by atoms with E-state index >= 15 is 0 Å². The highest BCUT2D eigenvalue weighted by Gasteiger charge is 2.35. The second-order valence-corrected chi connectivity index (χ2v) is 15.2. The van der Waals surface area contributed by atoms with Crippen molar-refractivity contribution in [3.05, 3.63) is 63.5 Å². The first-order chi connectivity index (χ1) is 25.1. The number of methoxy groups -OCH3 is 2. The Morgan fingerprint density at radius 3 is 2.32 bits per heavy atom. The molecule has 0 unspecified atom stereocenters. The van der Waals surface area contributed by atoms with Crippen molar-refractivity contribution in [1.82, 2.24) is 33.4 Å². The Kier molecular flexibility index (Phi) is 12.2. The van der Waals surface area contributed by atoms with Gasteiger partial charge in [-0.1, -0.05) is 6.07 Å². The number of halogens is 3. The van der Waals surface area contributed by atoms with E-state index in [-0.39, 0.29) is 66.7 Å². The summed E-state index contributed by atoms with van der Waals surface area (Å²) in [7, 11) is 2.13. The van der Waals surface area contributed by atoms with Gasteiger partial charge < -0.3 is 24.3 Å². The van der Waals surface area contributed by atoms with E-state index < -0.39 is 45.5 Å². The van der Waals surface area contributed by atoms with Crippen LogP contribution < -0.4 is 16.1 Å². The molecule has 53 heavy (non-hydrogen) atoms. The molecule has 1 fully saturated rings. The number of fused-ring (bicyclic) bond motifs is 1. The van der Waals surface area contributed by atoms with Gasteiger partial charge in [0.15, 0.2) is 5.69 Å². The largest absolute Gasteiger partial charge is 0.434 e. The fourth-order valence-corrected chi connectivity index (χ4v) is 7.82. The second kappa shape index (κ2) is 16.3.